The van der Waals surface area contributed by atoms with Crippen molar-refractivity contribution in [1.82, 2.24) is 9.97 Å². The van der Waals surface area contributed by atoms with Crippen LogP contribution in [-0.2, 0) is 4.79 Å². The predicted octanol–water partition coefficient (Wildman–Crippen LogP) is 4.82. The SMILES string of the molecule is O=C(COc1ccccc1-c1ccccc1)Nc1nc(-c2ccc[nH]2)cs1. The second-order valence-corrected chi connectivity index (χ2v) is 6.68. The van der Waals surface area contributed by atoms with Crippen LogP contribution in [0.15, 0.2) is 78.3 Å². The Kier molecular flexibility index (Phi) is 4.98. The molecule has 0 saturated carbocycles. The van der Waals surface area contributed by atoms with Crippen LogP contribution in [0.1, 0.15) is 0 Å². The van der Waals surface area contributed by atoms with Crippen molar-refractivity contribution in [3.8, 4) is 28.3 Å². The Labute approximate surface area is 160 Å². The van der Waals surface area contributed by atoms with E-state index in [4.69, 9.17) is 4.74 Å². The fraction of sp³-hybridized carbons (Fsp3) is 0.0476. The highest BCUT2D eigenvalue weighted by atomic mass is 32.1. The van der Waals surface area contributed by atoms with Gasteiger partial charge >= 0.3 is 0 Å². The van der Waals surface area contributed by atoms with Crippen molar-refractivity contribution in [2.45, 2.75) is 0 Å². The predicted molar refractivity (Wildman–Crippen MR) is 108 cm³/mol. The summed E-state index contributed by atoms with van der Waals surface area (Å²) in [5.74, 6) is 0.426. The van der Waals surface area contributed by atoms with Gasteiger partial charge in [0.05, 0.1) is 11.4 Å². The molecule has 0 bridgehead atoms. The van der Waals surface area contributed by atoms with Gasteiger partial charge < -0.3 is 9.72 Å². The summed E-state index contributed by atoms with van der Waals surface area (Å²) in [5.41, 5.74) is 3.72. The van der Waals surface area contributed by atoms with E-state index in [0.717, 1.165) is 22.5 Å². The second kappa shape index (κ2) is 7.88. The lowest BCUT2D eigenvalue weighted by Crippen LogP contribution is -2.20. The van der Waals surface area contributed by atoms with E-state index in [2.05, 4.69) is 15.3 Å². The number of hydrogen-bond acceptors (Lipinski definition) is 4. The highest BCUT2D eigenvalue weighted by molar-refractivity contribution is 7.14. The zero-order valence-corrected chi connectivity index (χ0v) is 15.2. The number of para-hydroxylation sites is 1. The Balaban J connectivity index is 1.40. The molecule has 5 nitrogen and oxygen atoms in total. The first-order chi connectivity index (χ1) is 13.3. The third kappa shape index (κ3) is 4.07. The summed E-state index contributed by atoms with van der Waals surface area (Å²) >= 11 is 1.38. The van der Waals surface area contributed by atoms with E-state index in [1.54, 1.807) is 0 Å². The summed E-state index contributed by atoms with van der Waals surface area (Å²) in [6, 6.07) is 21.5. The maximum absolute atomic E-state index is 12.3. The van der Waals surface area contributed by atoms with E-state index in [0.29, 0.717) is 10.9 Å². The van der Waals surface area contributed by atoms with Crippen LogP contribution in [0.25, 0.3) is 22.5 Å². The Morgan fingerprint density at radius 2 is 1.85 bits per heavy atom. The third-order valence-electron chi connectivity index (χ3n) is 3.96. The van der Waals surface area contributed by atoms with E-state index in [9.17, 15) is 4.79 Å². The molecular weight excluding hydrogens is 358 g/mol. The summed E-state index contributed by atoms with van der Waals surface area (Å²) in [7, 11) is 0. The van der Waals surface area contributed by atoms with Crippen molar-refractivity contribution >= 4 is 22.4 Å². The van der Waals surface area contributed by atoms with Crippen LogP contribution >= 0.6 is 11.3 Å². The summed E-state index contributed by atoms with van der Waals surface area (Å²) in [5, 5.41) is 5.23. The van der Waals surface area contributed by atoms with Crippen LogP contribution in [0.4, 0.5) is 5.13 Å². The van der Waals surface area contributed by atoms with Crippen LogP contribution in [0.3, 0.4) is 0 Å². The highest BCUT2D eigenvalue weighted by Gasteiger charge is 2.11. The quantitative estimate of drug-likeness (QED) is 0.508. The number of anilines is 1. The van der Waals surface area contributed by atoms with Gasteiger partial charge in [-0.15, -0.1) is 11.3 Å². The Morgan fingerprint density at radius 1 is 1.04 bits per heavy atom. The molecule has 4 rings (SSSR count). The standard InChI is InChI=1S/C21H17N3O2S/c25-20(24-21-23-18(14-27-21)17-10-6-12-22-17)13-26-19-11-5-4-9-16(19)15-7-2-1-3-8-15/h1-12,14,22H,13H2,(H,23,24,25). The molecule has 0 aliphatic carbocycles. The van der Waals surface area contributed by atoms with Gasteiger partial charge in [-0.3, -0.25) is 10.1 Å². The molecule has 2 aromatic carbocycles. The molecule has 0 unspecified atom stereocenters. The van der Waals surface area contributed by atoms with Crippen molar-refractivity contribution in [1.29, 1.82) is 0 Å². The van der Waals surface area contributed by atoms with Gasteiger partial charge in [-0.05, 0) is 23.8 Å². The maximum atomic E-state index is 12.3. The summed E-state index contributed by atoms with van der Waals surface area (Å²) in [6.07, 6.45) is 1.84. The van der Waals surface area contributed by atoms with Gasteiger partial charge in [-0.1, -0.05) is 48.5 Å². The number of carbonyl (C=O) groups is 1. The monoisotopic (exact) mass is 375 g/mol. The van der Waals surface area contributed by atoms with E-state index in [1.165, 1.54) is 11.3 Å². The van der Waals surface area contributed by atoms with Gasteiger partial charge in [0.2, 0.25) is 0 Å². The minimum absolute atomic E-state index is 0.0821. The molecule has 2 heterocycles. The second-order valence-electron chi connectivity index (χ2n) is 5.82. The van der Waals surface area contributed by atoms with Crippen molar-refractivity contribution < 1.29 is 9.53 Å². The fourth-order valence-electron chi connectivity index (χ4n) is 2.69. The van der Waals surface area contributed by atoms with Gasteiger partial charge in [0.1, 0.15) is 5.75 Å². The first kappa shape index (κ1) is 17.1. The van der Waals surface area contributed by atoms with E-state index in [-0.39, 0.29) is 12.5 Å². The topological polar surface area (TPSA) is 67.0 Å². The molecule has 6 heteroatoms. The van der Waals surface area contributed by atoms with Crippen LogP contribution in [-0.4, -0.2) is 22.5 Å². The summed E-state index contributed by atoms with van der Waals surface area (Å²) in [6.45, 7) is -0.0821. The van der Waals surface area contributed by atoms with Crippen LogP contribution in [0, 0.1) is 0 Å². The zero-order valence-electron chi connectivity index (χ0n) is 14.4. The number of aromatic amines is 1. The zero-order chi connectivity index (χ0) is 18.5. The van der Waals surface area contributed by atoms with Gasteiger partial charge in [0, 0.05) is 17.1 Å². The lowest BCUT2D eigenvalue weighted by molar-refractivity contribution is -0.118. The molecule has 27 heavy (non-hydrogen) atoms. The number of amides is 1. The average molecular weight is 375 g/mol. The highest BCUT2D eigenvalue weighted by Crippen LogP contribution is 2.29. The number of thiazole rings is 1. The van der Waals surface area contributed by atoms with E-state index < -0.39 is 0 Å². The number of nitrogens with zero attached hydrogens (tertiary/aromatic N) is 1. The number of carbonyl (C=O) groups excluding carboxylic acids is 1. The molecule has 134 valence electrons. The third-order valence-corrected chi connectivity index (χ3v) is 4.71. The molecule has 2 N–H and O–H groups in total. The van der Waals surface area contributed by atoms with E-state index in [1.807, 2.05) is 78.3 Å². The molecule has 0 atom stereocenters. The lowest BCUT2D eigenvalue weighted by atomic mass is 10.1. The Morgan fingerprint density at radius 3 is 2.67 bits per heavy atom. The van der Waals surface area contributed by atoms with Crippen LogP contribution in [0.2, 0.25) is 0 Å². The number of ether oxygens (including phenoxy) is 1. The molecule has 0 fully saturated rings. The van der Waals surface area contributed by atoms with Gasteiger partial charge in [-0.2, -0.15) is 0 Å². The molecule has 1 amide bonds. The first-order valence-corrected chi connectivity index (χ1v) is 9.34. The first-order valence-electron chi connectivity index (χ1n) is 8.46. The van der Waals surface area contributed by atoms with Gasteiger partial charge in [0.25, 0.3) is 5.91 Å². The maximum Gasteiger partial charge on any atom is 0.264 e. The number of H-pyrrole nitrogens is 1. The van der Waals surface area contributed by atoms with Gasteiger partial charge in [-0.25, -0.2) is 4.98 Å². The Hall–Kier alpha value is -3.38. The van der Waals surface area contributed by atoms with Crippen molar-refractivity contribution in [2.75, 3.05) is 11.9 Å². The van der Waals surface area contributed by atoms with Crippen molar-refractivity contribution in [2.24, 2.45) is 0 Å². The molecule has 0 aliphatic rings. The lowest BCUT2D eigenvalue weighted by Gasteiger charge is -2.11. The fourth-order valence-corrected chi connectivity index (χ4v) is 3.42. The summed E-state index contributed by atoms with van der Waals surface area (Å²) < 4.78 is 5.76. The molecule has 4 aromatic rings. The Bertz CT molecular complexity index is 1030. The molecule has 0 spiro atoms. The molecule has 0 saturated heterocycles. The van der Waals surface area contributed by atoms with Crippen molar-refractivity contribution in [3.63, 3.8) is 0 Å². The normalized spacial score (nSPS) is 10.5. The largest absolute Gasteiger partial charge is 0.483 e. The smallest absolute Gasteiger partial charge is 0.264 e. The minimum Gasteiger partial charge on any atom is -0.483 e. The molecule has 0 aliphatic heterocycles. The van der Waals surface area contributed by atoms with Crippen LogP contribution < -0.4 is 10.1 Å². The number of hydrogen-bond donors (Lipinski definition) is 2. The molecular formula is C21H17N3O2S. The number of rotatable bonds is 6. The molecule has 2 aromatic heterocycles. The van der Waals surface area contributed by atoms with E-state index >= 15 is 0 Å². The number of aromatic nitrogens is 2. The molecule has 0 radical (unpaired) electrons. The number of benzene rings is 2. The van der Waals surface area contributed by atoms with Crippen molar-refractivity contribution in [3.05, 3.63) is 78.3 Å². The van der Waals surface area contributed by atoms with Gasteiger partial charge in [0.15, 0.2) is 11.7 Å². The minimum atomic E-state index is -0.245. The van der Waals surface area contributed by atoms with Crippen LogP contribution in [0.5, 0.6) is 5.75 Å². The number of nitrogens with one attached hydrogen (secondary N) is 2. The average Bonchev–Trinajstić information content (AvgIpc) is 3.39. The summed E-state index contributed by atoms with van der Waals surface area (Å²) in [4.78, 5) is 19.8.